The molecule has 0 saturated carbocycles. The zero-order valence-electron chi connectivity index (χ0n) is 16.3. The van der Waals surface area contributed by atoms with Crippen molar-refractivity contribution in [1.82, 2.24) is 0 Å². The van der Waals surface area contributed by atoms with Crippen molar-refractivity contribution in [1.29, 1.82) is 0 Å². The molecule has 0 saturated heterocycles. The maximum atomic E-state index is 11.6. The molecule has 0 aromatic heterocycles. The van der Waals surface area contributed by atoms with Gasteiger partial charge >= 0.3 is 0 Å². The summed E-state index contributed by atoms with van der Waals surface area (Å²) < 4.78 is 0. The minimum Gasteiger partial charge on any atom is -0.281 e. The van der Waals surface area contributed by atoms with Gasteiger partial charge in [0.2, 0.25) is 5.24 Å². The molecule has 0 aliphatic carbocycles. The summed E-state index contributed by atoms with van der Waals surface area (Å²) in [6, 6.07) is 0. The van der Waals surface area contributed by atoms with Gasteiger partial charge in [0.05, 0.1) is 0 Å². The lowest BCUT2D eigenvalue weighted by Gasteiger charge is -2.35. The van der Waals surface area contributed by atoms with Gasteiger partial charge in [-0.3, -0.25) is 4.79 Å². The van der Waals surface area contributed by atoms with E-state index in [0.717, 1.165) is 12.8 Å². The van der Waals surface area contributed by atoms with Crippen molar-refractivity contribution in [3.63, 3.8) is 0 Å². The molecule has 0 rings (SSSR count). The van der Waals surface area contributed by atoms with Gasteiger partial charge in [-0.15, -0.1) is 0 Å². The standard InChI is InChI=1S/C20H37ClO/c1-10-11-20(9,14-17(2,3)4)13-12-18(5,6)15-19(7,8)16(21)22/h12-13H,10-11,14-15H2,1-9H3. The summed E-state index contributed by atoms with van der Waals surface area (Å²) in [6.07, 6.45) is 8.99. The maximum Gasteiger partial charge on any atom is 0.227 e. The second-order valence-electron chi connectivity index (χ2n) is 9.80. The predicted molar refractivity (Wildman–Crippen MR) is 99.3 cm³/mol. The van der Waals surface area contributed by atoms with Crippen molar-refractivity contribution in [3.8, 4) is 0 Å². The van der Waals surface area contributed by atoms with Gasteiger partial charge in [0.1, 0.15) is 0 Å². The van der Waals surface area contributed by atoms with Crippen molar-refractivity contribution >= 4 is 16.8 Å². The molecule has 0 N–H and O–H groups in total. The number of halogens is 1. The second kappa shape index (κ2) is 7.51. The molecule has 1 nitrogen and oxygen atoms in total. The van der Waals surface area contributed by atoms with E-state index in [1.165, 1.54) is 12.8 Å². The zero-order valence-corrected chi connectivity index (χ0v) is 17.0. The molecular formula is C20H37ClO. The predicted octanol–water partition coefficient (Wildman–Crippen LogP) is 6.99. The third-order valence-electron chi connectivity index (χ3n) is 4.12. The van der Waals surface area contributed by atoms with Crippen LogP contribution in [0, 0.1) is 21.7 Å². The fraction of sp³-hybridized carbons (Fsp3) is 0.850. The van der Waals surface area contributed by atoms with Crippen molar-refractivity contribution in [2.75, 3.05) is 0 Å². The van der Waals surface area contributed by atoms with E-state index in [9.17, 15) is 4.79 Å². The van der Waals surface area contributed by atoms with Crippen LogP contribution in [0.3, 0.4) is 0 Å². The van der Waals surface area contributed by atoms with Crippen LogP contribution in [0.2, 0.25) is 0 Å². The molecule has 0 fully saturated rings. The van der Waals surface area contributed by atoms with Crippen LogP contribution in [-0.2, 0) is 4.79 Å². The molecule has 0 aliphatic rings. The summed E-state index contributed by atoms with van der Waals surface area (Å²) in [4.78, 5) is 11.6. The molecule has 0 spiro atoms. The Labute approximate surface area is 143 Å². The highest BCUT2D eigenvalue weighted by atomic mass is 35.5. The average molecular weight is 329 g/mol. The van der Waals surface area contributed by atoms with E-state index in [0.29, 0.717) is 5.41 Å². The summed E-state index contributed by atoms with van der Waals surface area (Å²) in [5.41, 5.74) is -0.00925. The van der Waals surface area contributed by atoms with Crippen LogP contribution in [-0.4, -0.2) is 5.24 Å². The van der Waals surface area contributed by atoms with E-state index in [1.807, 2.05) is 13.8 Å². The number of hydrogen-bond donors (Lipinski definition) is 0. The molecule has 0 aliphatic heterocycles. The summed E-state index contributed by atoms with van der Waals surface area (Å²) in [6.45, 7) is 19.7. The van der Waals surface area contributed by atoms with Crippen molar-refractivity contribution in [2.24, 2.45) is 21.7 Å². The first kappa shape index (κ1) is 21.7. The van der Waals surface area contributed by atoms with Gasteiger partial charge in [0, 0.05) is 5.41 Å². The first-order valence-corrected chi connectivity index (χ1v) is 8.91. The Balaban J connectivity index is 5.19. The lowest BCUT2D eigenvalue weighted by molar-refractivity contribution is -0.120. The number of carbonyl (C=O) groups is 1. The quantitative estimate of drug-likeness (QED) is 0.346. The van der Waals surface area contributed by atoms with Crippen LogP contribution >= 0.6 is 11.6 Å². The molecule has 1 unspecified atom stereocenters. The van der Waals surface area contributed by atoms with Gasteiger partial charge < -0.3 is 0 Å². The fourth-order valence-electron chi connectivity index (χ4n) is 3.71. The first-order chi connectivity index (χ1) is 9.63. The van der Waals surface area contributed by atoms with Gasteiger partial charge in [-0.05, 0) is 47.1 Å². The molecule has 0 bridgehead atoms. The lowest BCUT2D eigenvalue weighted by Crippen LogP contribution is -2.28. The molecule has 0 radical (unpaired) electrons. The Kier molecular flexibility index (Phi) is 7.41. The molecule has 22 heavy (non-hydrogen) atoms. The normalized spacial score (nSPS) is 16.8. The van der Waals surface area contributed by atoms with Crippen LogP contribution in [0.1, 0.15) is 88.0 Å². The minimum absolute atomic E-state index is 0.0407. The van der Waals surface area contributed by atoms with E-state index in [2.05, 4.69) is 60.6 Å². The smallest absolute Gasteiger partial charge is 0.227 e. The molecule has 1 atom stereocenters. The van der Waals surface area contributed by atoms with E-state index in [1.54, 1.807) is 0 Å². The SMILES string of the molecule is CCCC(C)(C=CC(C)(C)CC(C)(C)C(=O)Cl)CC(C)(C)C. The molecule has 0 heterocycles. The first-order valence-electron chi connectivity index (χ1n) is 8.53. The Morgan fingerprint density at radius 2 is 1.41 bits per heavy atom. The Morgan fingerprint density at radius 1 is 0.909 bits per heavy atom. The number of hydrogen-bond acceptors (Lipinski definition) is 1. The van der Waals surface area contributed by atoms with Gasteiger partial charge in [-0.2, -0.15) is 0 Å². The summed E-state index contributed by atoms with van der Waals surface area (Å²) in [7, 11) is 0. The van der Waals surface area contributed by atoms with Crippen molar-refractivity contribution in [3.05, 3.63) is 12.2 Å². The second-order valence-corrected chi connectivity index (χ2v) is 10.1. The van der Waals surface area contributed by atoms with Crippen molar-refractivity contribution < 1.29 is 4.79 Å². The van der Waals surface area contributed by atoms with Crippen molar-refractivity contribution in [2.45, 2.75) is 88.0 Å². The van der Waals surface area contributed by atoms with E-state index in [-0.39, 0.29) is 16.1 Å². The van der Waals surface area contributed by atoms with E-state index >= 15 is 0 Å². The van der Waals surface area contributed by atoms with Gasteiger partial charge in [-0.25, -0.2) is 0 Å². The Morgan fingerprint density at radius 3 is 1.77 bits per heavy atom. The van der Waals surface area contributed by atoms with Crippen LogP contribution in [0.25, 0.3) is 0 Å². The van der Waals surface area contributed by atoms with Crippen LogP contribution in [0.4, 0.5) is 0 Å². The summed E-state index contributed by atoms with van der Waals surface area (Å²) >= 11 is 5.74. The third-order valence-corrected chi connectivity index (χ3v) is 4.63. The number of carbonyl (C=O) groups excluding carboxylic acids is 1. The van der Waals surface area contributed by atoms with E-state index < -0.39 is 5.41 Å². The highest BCUT2D eigenvalue weighted by Gasteiger charge is 2.33. The Hall–Kier alpha value is -0.300. The Bertz CT molecular complexity index is 398. The number of allylic oxidation sites excluding steroid dienone is 2. The minimum atomic E-state index is -0.486. The molecule has 130 valence electrons. The highest BCUT2D eigenvalue weighted by Crippen LogP contribution is 2.41. The molecule has 0 amide bonds. The molecular weight excluding hydrogens is 292 g/mol. The van der Waals surface area contributed by atoms with Crippen LogP contribution in [0.5, 0.6) is 0 Å². The third kappa shape index (κ3) is 8.36. The highest BCUT2D eigenvalue weighted by molar-refractivity contribution is 6.64. The lowest BCUT2D eigenvalue weighted by atomic mass is 9.70. The largest absolute Gasteiger partial charge is 0.281 e. The van der Waals surface area contributed by atoms with Gasteiger partial charge in [0.25, 0.3) is 0 Å². The van der Waals surface area contributed by atoms with Crippen LogP contribution in [0.15, 0.2) is 12.2 Å². The topological polar surface area (TPSA) is 17.1 Å². The van der Waals surface area contributed by atoms with Crippen LogP contribution < -0.4 is 0 Å². The summed E-state index contributed by atoms with van der Waals surface area (Å²) in [5, 5.41) is -0.250. The van der Waals surface area contributed by atoms with E-state index in [4.69, 9.17) is 11.6 Å². The molecule has 0 aromatic rings. The monoisotopic (exact) mass is 328 g/mol. The van der Waals surface area contributed by atoms with Gasteiger partial charge in [-0.1, -0.05) is 80.9 Å². The average Bonchev–Trinajstić information content (AvgIpc) is 2.23. The maximum absolute atomic E-state index is 11.6. The number of rotatable bonds is 8. The van der Waals surface area contributed by atoms with Gasteiger partial charge in [0.15, 0.2) is 0 Å². The fourth-order valence-corrected chi connectivity index (χ4v) is 3.77. The summed E-state index contributed by atoms with van der Waals surface area (Å²) in [5.74, 6) is 0. The molecule has 0 aromatic carbocycles. The molecule has 2 heteroatoms. The zero-order chi connectivity index (χ0) is 17.8.